The molecule has 3 aromatic rings. The van der Waals surface area contributed by atoms with E-state index in [9.17, 15) is 22.8 Å². The molecule has 0 saturated heterocycles. The highest BCUT2D eigenvalue weighted by atomic mass is 19.4. The lowest BCUT2D eigenvalue weighted by Crippen LogP contribution is -2.31. The summed E-state index contributed by atoms with van der Waals surface area (Å²) in [4.78, 5) is 25.9. The Morgan fingerprint density at radius 2 is 1.76 bits per heavy atom. The zero-order valence-electron chi connectivity index (χ0n) is 18.1. The van der Waals surface area contributed by atoms with E-state index >= 15 is 0 Å². The van der Waals surface area contributed by atoms with Crippen molar-refractivity contribution in [1.82, 2.24) is 15.1 Å². The molecule has 11 heteroatoms. The fourth-order valence-electron chi connectivity index (χ4n) is 3.92. The normalized spacial score (nSPS) is 14.1. The molecule has 8 nitrogen and oxygen atoms in total. The Kier molecular flexibility index (Phi) is 5.94. The van der Waals surface area contributed by atoms with E-state index < -0.39 is 35.4 Å². The van der Waals surface area contributed by atoms with Gasteiger partial charge in [0, 0.05) is 18.8 Å². The third kappa shape index (κ3) is 4.54. The van der Waals surface area contributed by atoms with Crippen LogP contribution >= 0.6 is 0 Å². The van der Waals surface area contributed by atoms with Crippen LogP contribution in [-0.4, -0.2) is 33.3 Å². The first kappa shape index (κ1) is 23.1. The van der Waals surface area contributed by atoms with Crippen LogP contribution in [0.25, 0.3) is 0 Å². The van der Waals surface area contributed by atoms with Crippen LogP contribution in [0.15, 0.2) is 48.5 Å². The predicted molar refractivity (Wildman–Crippen MR) is 118 cm³/mol. The predicted octanol–water partition coefficient (Wildman–Crippen LogP) is 3.69. The summed E-state index contributed by atoms with van der Waals surface area (Å²) in [7, 11) is 0. The first-order chi connectivity index (χ1) is 16.0. The van der Waals surface area contributed by atoms with Gasteiger partial charge in [0.05, 0.1) is 18.2 Å². The van der Waals surface area contributed by atoms with Crippen molar-refractivity contribution >= 4 is 23.4 Å². The highest BCUT2D eigenvalue weighted by Gasteiger charge is 2.44. The molecule has 1 atom stereocenters. The Morgan fingerprint density at radius 3 is 2.35 bits per heavy atom. The average Bonchev–Trinajstić information content (AvgIpc) is 3.35. The summed E-state index contributed by atoms with van der Waals surface area (Å²) in [6.45, 7) is 2.51. The van der Waals surface area contributed by atoms with Gasteiger partial charge < -0.3 is 21.1 Å². The van der Waals surface area contributed by atoms with Crippen LogP contribution in [0.4, 0.5) is 24.7 Å². The number of nitrogens with one attached hydrogen (secondary N) is 1. The highest BCUT2D eigenvalue weighted by molar-refractivity contribution is 6.01. The lowest BCUT2D eigenvalue weighted by Gasteiger charge is -2.21. The summed E-state index contributed by atoms with van der Waals surface area (Å²) >= 11 is 0. The monoisotopic (exact) mass is 473 g/mol. The molecule has 2 aromatic carbocycles. The summed E-state index contributed by atoms with van der Waals surface area (Å²) in [5.74, 6) is -1.91. The van der Waals surface area contributed by atoms with Gasteiger partial charge in [-0.3, -0.25) is 4.79 Å². The lowest BCUT2D eigenvalue weighted by molar-refractivity contribution is -0.141. The van der Waals surface area contributed by atoms with E-state index in [1.165, 1.54) is 28.9 Å². The molecule has 0 fully saturated rings. The van der Waals surface area contributed by atoms with Crippen LogP contribution in [0.5, 0.6) is 0 Å². The molecule has 1 amide bonds. The number of hydrogen-bond donors (Lipinski definition) is 3. The average molecular weight is 473 g/mol. The van der Waals surface area contributed by atoms with E-state index in [1.54, 1.807) is 36.1 Å². The van der Waals surface area contributed by atoms with Gasteiger partial charge >= 0.3 is 12.1 Å². The van der Waals surface area contributed by atoms with Gasteiger partial charge in [-0.15, -0.1) is 0 Å². The number of aromatic carboxylic acids is 1. The number of hydrogen-bond acceptors (Lipinski definition) is 5. The Hall–Kier alpha value is -4.02. The van der Waals surface area contributed by atoms with Crippen molar-refractivity contribution in [2.75, 3.05) is 17.2 Å². The number of nitrogen functional groups attached to an aromatic ring is 1. The number of fused-ring (bicyclic) bond motifs is 1. The quantitative estimate of drug-likeness (QED) is 0.471. The minimum atomic E-state index is -4.82. The Labute approximate surface area is 192 Å². The fourth-order valence-corrected chi connectivity index (χ4v) is 3.92. The number of carboxylic acid groups (broad SMARTS) is 1. The maximum Gasteiger partial charge on any atom is 0.436 e. The third-order valence-electron chi connectivity index (χ3n) is 5.66. The first-order valence-electron chi connectivity index (χ1n) is 10.5. The van der Waals surface area contributed by atoms with Crippen molar-refractivity contribution < 1.29 is 27.9 Å². The zero-order valence-corrected chi connectivity index (χ0v) is 18.1. The van der Waals surface area contributed by atoms with Gasteiger partial charge in [0.2, 0.25) is 0 Å². The van der Waals surface area contributed by atoms with Crippen LogP contribution in [-0.2, 0) is 19.3 Å². The standard InChI is InChI=1S/C23H22F3N5O3/c1-13(15-4-6-16(7-5-15)22(33)34)28-20(32)18-19(23(24,25)26)29-31-11-10-30(21(18)31)12-14-2-8-17(27)9-3-14/h2-9,13H,10-12,27H2,1H3,(H,28,32)(H,33,34). The molecule has 34 heavy (non-hydrogen) atoms. The Bertz CT molecular complexity index is 1220. The first-order valence-corrected chi connectivity index (χ1v) is 10.5. The number of alkyl halides is 3. The molecular weight excluding hydrogens is 451 g/mol. The number of nitrogens with two attached hydrogens (primary N) is 1. The number of carbonyl (C=O) groups excluding carboxylic acids is 1. The third-order valence-corrected chi connectivity index (χ3v) is 5.66. The summed E-state index contributed by atoms with van der Waals surface area (Å²) in [6.07, 6.45) is -4.82. The fraction of sp³-hybridized carbons (Fsp3) is 0.261. The molecule has 4 N–H and O–H groups in total. The van der Waals surface area contributed by atoms with Gasteiger partial charge in [-0.05, 0) is 42.3 Å². The number of nitrogens with zero attached hydrogens (tertiary/aromatic N) is 3. The van der Waals surface area contributed by atoms with Crippen molar-refractivity contribution in [2.24, 2.45) is 0 Å². The summed E-state index contributed by atoms with van der Waals surface area (Å²) in [5, 5.41) is 15.3. The number of benzene rings is 2. The molecule has 1 unspecified atom stereocenters. The van der Waals surface area contributed by atoms with Gasteiger partial charge in [-0.1, -0.05) is 24.3 Å². The number of anilines is 2. The minimum absolute atomic E-state index is 0.0643. The number of carbonyl (C=O) groups is 2. The van der Waals surface area contributed by atoms with Crippen molar-refractivity contribution in [2.45, 2.75) is 32.2 Å². The zero-order chi connectivity index (χ0) is 24.6. The van der Waals surface area contributed by atoms with Crippen LogP contribution in [0.3, 0.4) is 0 Å². The molecule has 4 rings (SSSR count). The SMILES string of the molecule is CC(NC(=O)c1c(C(F)(F)F)nn2c1N(Cc1ccc(N)cc1)CC2)c1ccc(C(=O)O)cc1. The largest absolute Gasteiger partial charge is 0.478 e. The Balaban J connectivity index is 1.64. The van der Waals surface area contributed by atoms with Crippen LogP contribution in [0, 0.1) is 0 Å². The van der Waals surface area contributed by atoms with Crippen LogP contribution < -0.4 is 16.0 Å². The second-order valence-electron chi connectivity index (χ2n) is 8.05. The van der Waals surface area contributed by atoms with Crippen molar-refractivity contribution in [1.29, 1.82) is 0 Å². The Morgan fingerprint density at radius 1 is 1.12 bits per heavy atom. The molecule has 1 aromatic heterocycles. The minimum Gasteiger partial charge on any atom is -0.478 e. The number of carboxylic acids is 1. The molecule has 0 aliphatic carbocycles. The second-order valence-corrected chi connectivity index (χ2v) is 8.05. The van der Waals surface area contributed by atoms with Gasteiger partial charge in [-0.25, -0.2) is 9.48 Å². The molecule has 1 aliphatic rings. The van der Waals surface area contributed by atoms with Crippen LogP contribution in [0.1, 0.15) is 50.5 Å². The highest BCUT2D eigenvalue weighted by Crippen LogP contribution is 2.38. The van der Waals surface area contributed by atoms with Crippen molar-refractivity contribution in [3.8, 4) is 0 Å². The van der Waals surface area contributed by atoms with Gasteiger partial charge in [0.1, 0.15) is 11.4 Å². The van der Waals surface area contributed by atoms with E-state index in [0.29, 0.717) is 17.8 Å². The van der Waals surface area contributed by atoms with Crippen molar-refractivity contribution in [3.05, 3.63) is 76.5 Å². The van der Waals surface area contributed by atoms with Crippen molar-refractivity contribution in [3.63, 3.8) is 0 Å². The molecule has 0 radical (unpaired) electrons. The van der Waals surface area contributed by atoms with E-state index in [4.69, 9.17) is 10.8 Å². The summed E-state index contributed by atoms with van der Waals surface area (Å²) < 4.78 is 42.6. The lowest BCUT2D eigenvalue weighted by atomic mass is 10.1. The summed E-state index contributed by atoms with van der Waals surface area (Å²) in [5.41, 5.74) is 5.95. The molecule has 0 bridgehead atoms. The van der Waals surface area contributed by atoms with Gasteiger partial charge in [0.15, 0.2) is 5.69 Å². The number of aromatic nitrogens is 2. The molecule has 1 aliphatic heterocycles. The molecule has 178 valence electrons. The number of halogens is 3. The van der Waals surface area contributed by atoms with Crippen LogP contribution in [0.2, 0.25) is 0 Å². The number of amides is 1. The molecule has 0 spiro atoms. The topological polar surface area (TPSA) is 113 Å². The van der Waals surface area contributed by atoms with Gasteiger partial charge in [-0.2, -0.15) is 18.3 Å². The number of rotatable bonds is 6. The summed E-state index contributed by atoms with van der Waals surface area (Å²) in [6, 6.07) is 12.1. The second kappa shape index (κ2) is 8.73. The maximum atomic E-state index is 13.8. The van der Waals surface area contributed by atoms with E-state index in [-0.39, 0.29) is 24.5 Å². The van der Waals surface area contributed by atoms with Gasteiger partial charge in [0.25, 0.3) is 5.91 Å². The van der Waals surface area contributed by atoms with E-state index in [2.05, 4.69) is 10.4 Å². The molecule has 0 saturated carbocycles. The van der Waals surface area contributed by atoms with E-state index in [0.717, 1.165) is 5.56 Å². The maximum absolute atomic E-state index is 13.8. The molecule has 2 heterocycles. The van der Waals surface area contributed by atoms with E-state index in [1.807, 2.05) is 0 Å². The molecular formula is C23H22F3N5O3. The smallest absolute Gasteiger partial charge is 0.436 e.